The van der Waals surface area contributed by atoms with Gasteiger partial charge < -0.3 is 20.1 Å². The van der Waals surface area contributed by atoms with Crippen LogP contribution >= 0.6 is 46.6 Å². The molecule has 2 aliphatic heterocycles. The van der Waals surface area contributed by atoms with E-state index in [1.54, 1.807) is 0 Å². The van der Waals surface area contributed by atoms with Crippen LogP contribution in [0, 0.1) is 0 Å². The fourth-order valence-electron chi connectivity index (χ4n) is 2.04. The Balaban J connectivity index is 1.96. The molecule has 2 rings (SSSR count). The van der Waals surface area contributed by atoms with Crippen LogP contribution in [0.5, 0.6) is 0 Å². The third-order valence-corrected chi connectivity index (χ3v) is 4.55. The minimum absolute atomic E-state index is 0.0627. The first-order chi connectivity index (χ1) is 10.1. The lowest BCUT2D eigenvalue weighted by atomic mass is 10.0. The van der Waals surface area contributed by atoms with E-state index in [1.807, 2.05) is 0 Å². The molecule has 0 saturated carbocycles. The SMILES string of the molecule is O=C(NC1C(=O)N2C(C(=O)O)C(=O)CS[C@@H]12)OCC(Cl)(Cl)Cl. The number of ether oxygens (including phenoxy) is 1. The summed E-state index contributed by atoms with van der Waals surface area (Å²) < 4.78 is 2.84. The number of carboxylic acids is 1. The number of aliphatic carboxylic acids is 1. The average Bonchev–Trinajstić information content (AvgIpc) is 2.41. The second-order valence-corrected chi connectivity index (χ2v) is 8.09. The fraction of sp³-hybridized carbons (Fsp3) is 0.600. The highest BCUT2D eigenvalue weighted by atomic mass is 35.6. The Kier molecular flexibility index (Phi) is 5.00. The molecule has 0 radical (unpaired) electrons. The molecule has 0 aromatic carbocycles. The first kappa shape index (κ1) is 17.5. The van der Waals surface area contributed by atoms with E-state index in [0.29, 0.717) is 0 Å². The molecule has 12 heteroatoms. The molecule has 0 aliphatic carbocycles. The van der Waals surface area contributed by atoms with Crippen LogP contribution < -0.4 is 5.32 Å². The number of alkyl carbamates (subject to hydrolysis) is 1. The molecule has 2 aliphatic rings. The number of amides is 2. The number of β-lactam (4-membered cyclic amide) rings is 1. The molecular weight excluding hydrogens is 383 g/mol. The van der Waals surface area contributed by atoms with Crippen LogP contribution in [-0.2, 0) is 19.1 Å². The van der Waals surface area contributed by atoms with E-state index in [0.717, 1.165) is 16.7 Å². The van der Waals surface area contributed by atoms with Crippen molar-refractivity contribution in [2.75, 3.05) is 12.4 Å². The van der Waals surface area contributed by atoms with Crippen LogP contribution in [0.2, 0.25) is 0 Å². The molecule has 0 aromatic rings. The van der Waals surface area contributed by atoms with Gasteiger partial charge in [0.2, 0.25) is 9.70 Å². The highest BCUT2D eigenvalue weighted by molar-refractivity contribution is 8.00. The van der Waals surface area contributed by atoms with Gasteiger partial charge in [0.25, 0.3) is 0 Å². The van der Waals surface area contributed by atoms with Crippen LogP contribution in [-0.4, -0.2) is 67.4 Å². The summed E-state index contributed by atoms with van der Waals surface area (Å²) in [6.07, 6.45) is -0.978. The number of halogens is 3. The van der Waals surface area contributed by atoms with Gasteiger partial charge >= 0.3 is 12.1 Å². The molecule has 0 bridgehead atoms. The number of hydrogen-bond donors (Lipinski definition) is 2. The maximum absolute atomic E-state index is 11.9. The number of nitrogens with one attached hydrogen (secondary N) is 1. The van der Waals surface area contributed by atoms with E-state index in [4.69, 9.17) is 39.9 Å². The van der Waals surface area contributed by atoms with Gasteiger partial charge in [-0.15, -0.1) is 11.8 Å². The lowest BCUT2D eigenvalue weighted by Crippen LogP contribution is -2.76. The minimum Gasteiger partial charge on any atom is -0.479 e. The maximum Gasteiger partial charge on any atom is 0.408 e. The number of carboxylic acid groups (broad SMARTS) is 1. The summed E-state index contributed by atoms with van der Waals surface area (Å²) in [4.78, 5) is 47.0. The number of Topliss-reactive ketones (excluding diaryl/α,β-unsaturated/α-hetero) is 1. The summed E-state index contributed by atoms with van der Waals surface area (Å²) in [6.45, 7) is -0.512. The van der Waals surface area contributed by atoms with Crippen LogP contribution in [0.3, 0.4) is 0 Å². The molecule has 22 heavy (non-hydrogen) atoms. The van der Waals surface area contributed by atoms with Gasteiger partial charge in [-0.05, 0) is 0 Å². The Morgan fingerprint density at radius 3 is 2.59 bits per heavy atom. The molecule has 2 unspecified atom stereocenters. The van der Waals surface area contributed by atoms with Crippen molar-refractivity contribution in [1.82, 2.24) is 10.2 Å². The fourth-order valence-corrected chi connectivity index (χ4v) is 3.46. The highest BCUT2D eigenvalue weighted by Crippen LogP contribution is 2.36. The molecule has 2 fully saturated rings. The standard InChI is InChI=1S/C10H9Cl3N2O6S/c11-10(12,13)2-21-9(20)14-4-6(17)15-5(8(18)19)3(16)1-22-7(4)15/h4-5,7H,1-2H2,(H,14,20)(H,18,19)/t4?,5?,7-/m0/s1. The molecule has 8 nitrogen and oxygen atoms in total. The number of ketones is 1. The zero-order chi connectivity index (χ0) is 16.7. The highest BCUT2D eigenvalue weighted by Gasteiger charge is 2.58. The number of fused-ring (bicyclic) bond motifs is 1. The molecule has 2 N–H and O–H groups in total. The molecule has 122 valence electrons. The summed E-state index contributed by atoms with van der Waals surface area (Å²) in [7, 11) is 0. The largest absolute Gasteiger partial charge is 0.479 e. The predicted octanol–water partition coefficient (Wildman–Crippen LogP) is 0.389. The third kappa shape index (κ3) is 3.53. The van der Waals surface area contributed by atoms with Gasteiger partial charge in [-0.2, -0.15) is 0 Å². The number of alkyl halides is 3. The van der Waals surface area contributed by atoms with E-state index in [-0.39, 0.29) is 5.75 Å². The summed E-state index contributed by atoms with van der Waals surface area (Å²) >= 11 is 17.3. The maximum atomic E-state index is 11.9. The minimum atomic E-state index is -1.78. The monoisotopic (exact) mass is 390 g/mol. The van der Waals surface area contributed by atoms with Gasteiger partial charge in [-0.3, -0.25) is 9.59 Å². The van der Waals surface area contributed by atoms with Crippen molar-refractivity contribution < 1.29 is 29.0 Å². The Morgan fingerprint density at radius 2 is 2.05 bits per heavy atom. The van der Waals surface area contributed by atoms with E-state index in [1.165, 1.54) is 0 Å². The zero-order valence-corrected chi connectivity index (χ0v) is 13.7. The summed E-state index contributed by atoms with van der Waals surface area (Å²) in [5.41, 5.74) is 0. The summed E-state index contributed by atoms with van der Waals surface area (Å²) in [5, 5.41) is 10.6. The van der Waals surface area contributed by atoms with Gasteiger partial charge in [0, 0.05) is 0 Å². The van der Waals surface area contributed by atoms with Crippen molar-refractivity contribution in [1.29, 1.82) is 0 Å². The molecular formula is C10H9Cl3N2O6S. The normalized spacial score (nSPS) is 27.8. The number of rotatable bonds is 3. The van der Waals surface area contributed by atoms with E-state index in [2.05, 4.69) is 10.1 Å². The van der Waals surface area contributed by atoms with Crippen LogP contribution in [0.15, 0.2) is 0 Å². The second kappa shape index (κ2) is 6.31. The zero-order valence-electron chi connectivity index (χ0n) is 10.6. The Hall–Kier alpha value is -0.900. The number of nitrogens with zero attached hydrogens (tertiary/aromatic N) is 1. The topological polar surface area (TPSA) is 113 Å². The third-order valence-electron chi connectivity index (χ3n) is 2.93. The number of hydrogen-bond acceptors (Lipinski definition) is 6. The van der Waals surface area contributed by atoms with E-state index in [9.17, 15) is 19.2 Å². The van der Waals surface area contributed by atoms with Gasteiger partial charge in [0.05, 0.1) is 5.75 Å². The van der Waals surface area contributed by atoms with Crippen molar-refractivity contribution in [2.45, 2.75) is 21.3 Å². The van der Waals surface area contributed by atoms with Gasteiger partial charge in [0.15, 0.2) is 11.8 Å². The Labute approximate surface area is 143 Å². The van der Waals surface area contributed by atoms with E-state index >= 15 is 0 Å². The van der Waals surface area contributed by atoms with Gasteiger partial charge in [-0.25, -0.2) is 9.59 Å². The van der Waals surface area contributed by atoms with Crippen LogP contribution in [0.25, 0.3) is 0 Å². The first-order valence-corrected chi connectivity index (χ1v) is 7.99. The average molecular weight is 392 g/mol. The molecule has 2 amide bonds. The van der Waals surface area contributed by atoms with Crippen molar-refractivity contribution in [2.24, 2.45) is 0 Å². The first-order valence-electron chi connectivity index (χ1n) is 5.81. The smallest absolute Gasteiger partial charge is 0.408 e. The second-order valence-electron chi connectivity index (χ2n) is 4.47. The lowest BCUT2D eigenvalue weighted by molar-refractivity contribution is -0.164. The van der Waals surface area contributed by atoms with Crippen molar-refractivity contribution in [3.05, 3.63) is 0 Å². The summed E-state index contributed by atoms with van der Waals surface area (Å²) in [6, 6.07) is -2.50. The van der Waals surface area contributed by atoms with Crippen molar-refractivity contribution in [3.8, 4) is 0 Å². The molecule has 2 saturated heterocycles. The Morgan fingerprint density at radius 1 is 1.41 bits per heavy atom. The van der Waals surface area contributed by atoms with Crippen LogP contribution in [0.4, 0.5) is 4.79 Å². The van der Waals surface area contributed by atoms with Gasteiger partial charge in [-0.1, -0.05) is 34.8 Å². The Bertz CT molecular complexity index is 539. The quantitative estimate of drug-likeness (QED) is 0.406. The van der Waals surface area contributed by atoms with Crippen molar-refractivity contribution in [3.63, 3.8) is 0 Å². The molecule has 0 spiro atoms. The predicted molar refractivity (Wildman–Crippen MR) is 78.1 cm³/mol. The number of carbonyl (C=O) groups excluding carboxylic acids is 3. The lowest BCUT2D eigenvalue weighted by Gasteiger charge is -2.50. The van der Waals surface area contributed by atoms with E-state index < -0.39 is 51.6 Å². The number of carbonyl (C=O) groups is 4. The van der Waals surface area contributed by atoms with Gasteiger partial charge in [0.1, 0.15) is 18.0 Å². The van der Waals surface area contributed by atoms with Crippen molar-refractivity contribution >= 4 is 70.3 Å². The molecule has 0 aromatic heterocycles. The number of thioether (sulfide) groups is 1. The summed E-state index contributed by atoms with van der Waals surface area (Å²) in [5.74, 6) is -2.71. The van der Waals surface area contributed by atoms with Crippen LogP contribution in [0.1, 0.15) is 0 Å². The molecule has 2 heterocycles. The molecule has 3 atom stereocenters.